The summed E-state index contributed by atoms with van der Waals surface area (Å²) < 4.78 is 6.99. The molecule has 0 fully saturated rings. The molecule has 9 nitrogen and oxygen atoms in total. The lowest BCUT2D eigenvalue weighted by atomic mass is 10.3. The number of anilines is 2. The van der Waals surface area contributed by atoms with Crippen molar-refractivity contribution in [3.63, 3.8) is 0 Å². The second kappa shape index (κ2) is 7.86. The Kier molecular flexibility index (Phi) is 5.13. The van der Waals surface area contributed by atoms with E-state index in [9.17, 15) is 0 Å². The fourth-order valence-corrected chi connectivity index (χ4v) is 2.07. The first-order valence-electron chi connectivity index (χ1n) is 7.63. The lowest BCUT2D eigenvalue weighted by Gasteiger charge is -2.09. The second-order valence-electron chi connectivity index (χ2n) is 4.78. The van der Waals surface area contributed by atoms with Gasteiger partial charge in [0.15, 0.2) is 0 Å². The average Bonchev–Trinajstić information content (AvgIpc) is 3.09. The molecule has 0 atom stereocenters. The highest BCUT2D eigenvalue weighted by atomic mass is 16.5. The third-order valence-corrected chi connectivity index (χ3v) is 3.12. The Morgan fingerprint density at radius 3 is 2.75 bits per heavy atom. The Balaban J connectivity index is 1.53. The van der Waals surface area contributed by atoms with Crippen LogP contribution in [0, 0.1) is 0 Å². The first-order valence-corrected chi connectivity index (χ1v) is 7.63. The van der Waals surface area contributed by atoms with Crippen LogP contribution in [0.25, 0.3) is 5.69 Å². The summed E-state index contributed by atoms with van der Waals surface area (Å²) in [6.45, 7) is 3.75. The van der Waals surface area contributed by atoms with Gasteiger partial charge in [-0.2, -0.15) is 4.68 Å². The summed E-state index contributed by atoms with van der Waals surface area (Å²) in [5, 5.41) is 18.1. The van der Waals surface area contributed by atoms with Crippen LogP contribution in [0.1, 0.15) is 6.92 Å². The minimum Gasteiger partial charge on any atom is -0.478 e. The molecule has 2 aromatic heterocycles. The molecule has 2 heterocycles. The molecule has 0 saturated heterocycles. The molecule has 0 bridgehead atoms. The van der Waals surface area contributed by atoms with Crippen molar-refractivity contribution in [2.45, 2.75) is 6.92 Å². The second-order valence-corrected chi connectivity index (χ2v) is 4.78. The highest BCUT2D eigenvalue weighted by molar-refractivity contribution is 5.39. The van der Waals surface area contributed by atoms with E-state index in [1.807, 2.05) is 37.3 Å². The molecule has 3 aromatic rings. The molecule has 0 aliphatic heterocycles. The van der Waals surface area contributed by atoms with Crippen LogP contribution >= 0.6 is 0 Å². The summed E-state index contributed by atoms with van der Waals surface area (Å²) in [6.07, 6.45) is 1.47. The molecule has 0 aliphatic carbocycles. The number of aromatic nitrogens is 6. The molecule has 0 aliphatic rings. The number of nitrogens with one attached hydrogen (secondary N) is 2. The summed E-state index contributed by atoms with van der Waals surface area (Å²) >= 11 is 0. The van der Waals surface area contributed by atoms with Crippen LogP contribution in [0.3, 0.4) is 0 Å². The van der Waals surface area contributed by atoms with Crippen molar-refractivity contribution in [1.29, 1.82) is 0 Å². The van der Waals surface area contributed by atoms with Gasteiger partial charge in [-0.1, -0.05) is 23.3 Å². The number of benzene rings is 1. The van der Waals surface area contributed by atoms with E-state index in [1.165, 1.54) is 6.33 Å². The van der Waals surface area contributed by atoms with E-state index in [4.69, 9.17) is 4.74 Å². The smallest absolute Gasteiger partial charge is 0.247 e. The Labute approximate surface area is 139 Å². The Morgan fingerprint density at radius 2 is 1.92 bits per heavy atom. The zero-order valence-electron chi connectivity index (χ0n) is 13.3. The van der Waals surface area contributed by atoms with Crippen LogP contribution in [0.4, 0.5) is 11.8 Å². The zero-order valence-corrected chi connectivity index (χ0v) is 13.3. The van der Waals surface area contributed by atoms with Crippen molar-refractivity contribution < 1.29 is 4.74 Å². The van der Waals surface area contributed by atoms with Gasteiger partial charge in [-0.05, 0) is 29.5 Å². The van der Waals surface area contributed by atoms with Gasteiger partial charge < -0.3 is 15.4 Å². The Hall–Kier alpha value is -3.23. The minimum atomic E-state index is 0.552. The van der Waals surface area contributed by atoms with Crippen LogP contribution < -0.4 is 15.4 Å². The molecule has 0 spiro atoms. The first kappa shape index (κ1) is 15.7. The lowest BCUT2D eigenvalue weighted by molar-refractivity contribution is 0.326. The molecular formula is C15H18N8O. The van der Waals surface area contributed by atoms with Crippen LogP contribution in [0.2, 0.25) is 0 Å². The van der Waals surface area contributed by atoms with Gasteiger partial charge in [0.25, 0.3) is 0 Å². The maximum Gasteiger partial charge on any atom is 0.247 e. The third-order valence-electron chi connectivity index (χ3n) is 3.12. The molecule has 9 heteroatoms. The van der Waals surface area contributed by atoms with E-state index in [0.717, 1.165) is 5.69 Å². The van der Waals surface area contributed by atoms with Crippen molar-refractivity contribution in [3.05, 3.63) is 42.7 Å². The van der Waals surface area contributed by atoms with Gasteiger partial charge in [-0.25, -0.2) is 9.97 Å². The highest BCUT2D eigenvalue weighted by Gasteiger charge is 2.06. The van der Waals surface area contributed by atoms with Crippen molar-refractivity contribution in [2.24, 2.45) is 0 Å². The van der Waals surface area contributed by atoms with Crippen LogP contribution in [-0.2, 0) is 0 Å². The maximum absolute atomic E-state index is 5.34. The van der Waals surface area contributed by atoms with E-state index in [0.29, 0.717) is 37.3 Å². The van der Waals surface area contributed by atoms with E-state index in [-0.39, 0.29) is 0 Å². The first-order chi connectivity index (χ1) is 11.9. The van der Waals surface area contributed by atoms with Crippen molar-refractivity contribution in [3.8, 4) is 11.6 Å². The monoisotopic (exact) mass is 326 g/mol. The topological polar surface area (TPSA) is 103 Å². The molecule has 0 unspecified atom stereocenters. The predicted molar refractivity (Wildman–Crippen MR) is 89.3 cm³/mol. The quantitative estimate of drug-likeness (QED) is 0.598. The summed E-state index contributed by atoms with van der Waals surface area (Å²) in [7, 11) is 0. The molecule has 24 heavy (non-hydrogen) atoms. The third kappa shape index (κ3) is 3.94. The fourth-order valence-electron chi connectivity index (χ4n) is 2.07. The maximum atomic E-state index is 5.34. The number of nitrogens with zero attached hydrogens (tertiary/aromatic N) is 6. The zero-order chi connectivity index (χ0) is 16.6. The summed E-state index contributed by atoms with van der Waals surface area (Å²) in [6, 6.07) is 11.5. The number of ether oxygens (including phenoxy) is 1. The number of tetrazole rings is 1. The number of rotatable bonds is 8. The normalized spacial score (nSPS) is 10.4. The predicted octanol–water partition coefficient (Wildman–Crippen LogP) is 1.37. The molecule has 0 amide bonds. The fraction of sp³-hybridized carbons (Fsp3) is 0.267. The summed E-state index contributed by atoms with van der Waals surface area (Å²) in [4.78, 5) is 8.17. The van der Waals surface area contributed by atoms with E-state index in [2.05, 4.69) is 36.1 Å². The van der Waals surface area contributed by atoms with Gasteiger partial charge in [0, 0.05) is 19.2 Å². The van der Waals surface area contributed by atoms with Gasteiger partial charge in [0.2, 0.25) is 11.8 Å². The largest absolute Gasteiger partial charge is 0.478 e. The SMILES string of the molecule is CCOc1cc(NCCNc2nnnn2-c2ccccc2)ncn1. The minimum absolute atomic E-state index is 0.552. The summed E-state index contributed by atoms with van der Waals surface area (Å²) in [5.74, 6) is 1.84. The van der Waals surface area contributed by atoms with Crippen molar-refractivity contribution in [1.82, 2.24) is 30.2 Å². The number of para-hydroxylation sites is 1. The van der Waals surface area contributed by atoms with Crippen molar-refractivity contribution in [2.75, 3.05) is 30.3 Å². The standard InChI is InChI=1S/C15H18N8O/c1-2-24-14-10-13(18-11-19-14)16-8-9-17-15-20-21-22-23(15)12-6-4-3-5-7-12/h3-7,10-11H,2,8-9H2,1H3,(H,16,18,19)(H,17,20,22). The molecule has 0 saturated carbocycles. The van der Waals surface area contributed by atoms with E-state index >= 15 is 0 Å². The van der Waals surface area contributed by atoms with E-state index < -0.39 is 0 Å². The van der Waals surface area contributed by atoms with Gasteiger partial charge in [-0.15, -0.1) is 0 Å². The molecule has 3 rings (SSSR count). The van der Waals surface area contributed by atoms with Crippen LogP contribution in [0.5, 0.6) is 5.88 Å². The van der Waals surface area contributed by atoms with Gasteiger partial charge in [0.05, 0.1) is 12.3 Å². The van der Waals surface area contributed by atoms with Gasteiger partial charge in [0.1, 0.15) is 12.1 Å². The van der Waals surface area contributed by atoms with Crippen LogP contribution in [0.15, 0.2) is 42.7 Å². The van der Waals surface area contributed by atoms with Crippen LogP contribution in [-0.4, -0.2) is 49.9 Å². The number of hydrogen-bond donors (Lipinski definition) is 2. The summed E-state index contributed by atoms with van der Waals surface area (Å²) in [5.41, 5.74) is 0.898. The number of hydrogen-bond acceptors (Lipinski definition) is 8. The van der Waals surface area contributed by atoms with Gasteiger partial charge in [-0.3, -0.25) is 0 Å². The van der Waals surface area contributed by atoms with Crippen molar-refractivity contribution >= 4 is 11.8 Å². The lowest BCUT2D eigenvalue weighted by Crippen LogP contribution is -2.17. The Morgan fingerprint density at radius 1 is 1.08 bits per heavy atom. The van der Waals surface area contributed by atoms with E-state index in [1.54, 1.807) is 10.7 Å². The molecule has 1 aromatic carbocycles. The van der Waals surface area contributed by atoms with Gasteiger partial charge >= 0.3 is 0 Å². The molecule has 0 radical (unpaired) electrons. The molecule has 124 valence electrons. The average molecular weight is 326 g/mol. The highest BCUT2D eigenvalue weighted by Crippen LogP contribution is 2.11. The molecular weight excluding hydrogens is 308 g/mol. The molecule has 2 N–H and O–H groups in total. The Bertz CT molecular complexity index is 761.